The second-order valence-corrected chi connectivity index (χ2v) is 9.45. The van der Waals surface area contributed by atoms with Gasteiger partial charge < -0.3 is 9.16 Å². The molecule has 0 aliphatic rings. The minimum absolute atomic E-state index is 0.273. The molecule has 0 saturated heterocycles. The third-order valence-corrected chi connectivity index (χ3v) is 3.29. The fraction of sp³-hybridized carbons (Fsp3) is 0.357. The third kappa shape index (κ3) is 5.29. The highest BCUT2D eigenvalue weighted by molar-refractivity contribution is 6.69. The van der Waals surface area contributed by atoms with E-state index in [1.807, 2.05) is 30.3 Å². The Kier molecular flexibility index (Phi) is 5.31. The summed E-state index contributed by atoms with van der Waals surface area (Å²) in [6.45, 7) is 10.8. The Balaban J connectivity index is 2.36. The second kappa shape index (κ2) is 6.52. The summed E-state index contributed by atoms with van der Waals surface area (Å²) in [5, 5.41) is 0. The van der Waals surface area contributed by atoms with Gasteiger partial charge in [-0.2, -0.15) is 0 Å². The van der Waals surface area contributed by atoms with Crippen LogP contribution in [0.25, 0.3) is 5.57 Å². The van der Waals surface area contributed by atoms with Gasteiger partial charge in [0.15, 0.2) is 8.32 Å². The molecule has 0 fully saturated rings. The maximum absolute atomic E-state index is 11.7. The first-order valence-electron chi connectivity index (χ1n) is 5.95. The number of rotatable bonds is 6. The second-order valence-electron chi connectivity index (χ2n) is 4.94. The van der Waals surface area contributed by atoms with E-state index in [0.717, 1.165) is 5.56 Å². The third-order valence-electron chi connectivity index (χ3n) is 2.22. The molecule has 0 radical (unpaired) electrons. The molecule has 0 saturated carbocycles. The molecule has 1 aromatic carbocycles. The summed E-state index contributed by atoms with van der Waals surface area (Å²) >= 11 is 0. The topological polar surface area (TPSA) is 35.5 Å². The Bertz CT molecular complexity index is 407. The molecule has 3 nitrogen and oxygen atoms in total. The molecule has 1 rings (SSSR count). The molecule has 98 valence electrons. The molecule has 0 aromatic heterocycles. The van der Waals surface area contributed by atoms with Crippen LogP contribution in [0.15, 0.2) is 36.9 Å². The van der Waals surface area contributed by atoms with Gasteiger partial charge in [-0.25, -0.2) is 4.79 Å². The minimum Gasteiger partial charge on any atom is -0.460 e. The summed E-state index contributed by atoms with van der Waals surface area (Å²) in [6.07, 6.45) is 0. The summed E-state index contributed by atoms with van der Waals surface area (Å²) in [7, 11) is -1.53. The van der Waals surface area contributed by atoms with Crippen molar-refractivity contribution in [1.29, 1.82) is 0 Å². The molecule has 1 aromatic rings. The largest absolute Gasteiger partial charge is 0.460 e. The monoisotopic (exact) mass is 264 g/mol. The zero-order valence-electron chi connectivity index (χ0n) is 11.2. The van der Waals surface area contributed by atoms with Gasteiger partial charge in [0, 0.05) is 0 Å². The first kappa shape index (κ1) is 14.7. The maximum atomic E-state index is 11.7. The van der Waals surface area contributed by atoms with Gasteiger partial charge in [-0.1, -0.05) is 36.9 Å². The van der Waals surface area contributed by atoms with Crippen molar-refractivity contribution in [3.05, 3.63) is 42.5 Å². The van der Waals surface area contributed by atoms with E-state index in [1.165, 1.54) is 0 Å². The van der Waals surface area contributed by atoms with Crippen LogP contribution in [0.3, 0.4) is 0 Å². The molecule has 18 heavy (non-hydrogen) atoms. The van der Waals surface area contributed by atoms with Gasteiger partial charge in [0.2, 0.25) is 0 Å². The lowest BCUT2D eigenvalue weighted by Gasteiger charge is -2.17. The Labute approximate surface area is 110 Å². The molecule has 0 amide bonds. The van der Waals surface area contributed by atoms with Crippen molar-refractivity contribution in [2.45, 2.75) is 19.6 Å². The molecule has 0 unspecified atom stereocenters. The van der Waals surface area contributed by atoms with Crippen LogP contribution >= 0.6 is 0 Å². The summed E-state index contributed by atoms with van der Waals surface area (Å²) < 4.78 is 10.7. The van der Waals surface area contributed by atoms with Gasteiger partial charge in [-0.3, -0.25) is 0 Å². The van der Waals surface area contributed by atoms with E-state index in [4.69, 9.17) is 9.16 Å². The molecule has 0 spiro atoms. The molecule has 0 N–H and O–H groups in total. The van der Waals surface area contributed by atoms with E-state index in [9.17, 15) is 4.79 Å². The van der Waals surface area contributed by atoms with E-state index in [2.05, 4.69) is 26.2 Å². The van der Waals surface area contributed by atoms with Crippen LogP contribution in [-0.2, 0) is 14.0 Å². The fourth-order valence-electron chi connectivity index (χ4n) is 1.33. The first-order valence-corrected chi connectivity index (χ1v) is 9.36. The average molecular weight is 264 g/mol. The van der Waals surface area contributed by atoms with Crippen molar-refractivity contribution in [2.75, 3.05) is 13.2 Å². The number of ether oxygens (including phenoxy) is 1. The molecule has 4 heteroatoms. The molecule has 0 aliphatic heterocycles. The van der Waals surface area contributed by atoms with Gasteiger partial charge in [0.1, 0.15) is 6.61 Å². The van der Waals surface area contributed by atoms with Crippen molar-refractivity contribution in [1.82, 2.24) is 0 Å². The van der Waals surface area contributed by atoms with E-state index < -0.39 is 8.32 Å². The van der Waals surface area contributed by atoms with Gasteiger partial charge in [0.05, 0.1) is 12.2 Å². The van der Waals surface area contributed by atoms with E-state index in [0.29, 0.717) is 12.2 Å². The van der Waals surface area contributed by atoms with Crippen LogP contribution in [0, 0.1) is 0 Å². The van der Waals surface area contributed by atoms with E-state index in [1.54, 1.807) is 0 Å². The van der Waals surface area contributed by atoms with Crippen LogP contribution in [0.4, 0.5) is 0 Å². The summed E-state index contributed by atoms with van der Waals surface area (Å²) in [6, 6.07) is 9.29. The van der Waals surface area contributed by atoms with Gasteiger partial charge in [-0.15, -0.1) is 0 Å². The molecular weight excluding hydrogens is 244 g/mol. The molecular formula is C14H20O3Si. The Morgan fingerprint density at radius 2 is 1.78 bits per heavy atom. The molecule has 0 heterocycles. The smallest absolute Gasteiger partial charge is 0.338 e. The van der Waals surface area contributed by atoms with Crippen LogP contribution in [0.2, 0.25) is 19.6 Å². The van der Waals surface area contributed by atoms with Crippen LogP contribution in [0.5, 0.6) is 0 Å². The lowest BCUT2D eigenvalue weighted by atomic mass is 10.1. The predicted molar refractivity (Wildman–Crippen MR) is 75.7 cm³/mol. The number of carbonyl (C=O) groups is 1. The normalized spacial score (nSPS) is 11.1. The number of hydrogen-bond acceptors (Lipinski definition) is 3. The first-order chi connectivity index (χ1) is 8.40. The minimum atomic E-state index is -1.53. The van der Waals surface area contributed by atoms with Crippen molar-refractivity contribution >= 4 is 19.9 Å². The van der Waals surface area contributed by atoms with Crippen molar-refractivity contribution in [2.24, 2.45) is 0 Å². The van der Waals surface area contributed by atoms with Crippen LogP contribution in [-0.4, -0.2) is 27.5 Å². The standard InChI is InChI=1S/C14H20O3Si/c1-12(13-8-6-5-7-9-13)14(15)16-10-11-17-18(2,3)4/h5-9H,1,10-11H2,2-4H3. The quantitative estimate of drug-likeness (QED) is 0.343. The molecule has 0 aliphatic carbocycles. The Hall–Kier alpha value is -1.39. The Morgan fingerprint density at radius 3 is 2.33 bits per heavy atom. The highest BCUT2D eigenvalue weighted by atomic mass is 28.4. The van der Waals surface area contributed by atoms with Crippen LogP contribution < -0.4 is 0 Å². The number of hydrogen-bond donors (Lipinski definition) is 0. The maximum Gasteiger partial charge on any atom is 0.338 e. The Morgan fingerprint density at radius 1 is 1.17 bits per heavy atom. The number of carbonyl (C=O) groups excluding carboxylic acids is 1. The average Bonchev–Trinajstić information content (AvgIpc) is 2.33. The highest BCUT2D eigenvalue weighted by Crippen LogP contribution is 2.13. The molecule has 0 atom stereocenters. The lowest BCUT2D eigenvalue weighted by Crippen LogP contribution is -2.27. The van der Waals surface area contributed by atoms with E-state index in [-0.39, 0.29) is 12.6 Å². The number of benzene rings is 1. The zero-order valence-corrected chi connectivity index (χ0v) is 12.2. The summed E-state index contributed by atoms with van der Waals surface area (Å²) in [5.74, 6) is -0.389. The van der Waals surface area contributed by atoms with Crippen LogP contribution in [0.1, 0.15) is 5.56 Å². The van der Waals surface area contributed by atoms with Crippen molar-refractivity contribution in [3.8, 4) is 0 Å². The summed E-state index contributed by atoms with van der Waals surface area (Å²) in [5.41, 5.74) is 1.16. The highest BCUT2D eigenvalue weighted by Gasteiger charge is 2.15. The van der Waals surface area contributed by atoms with Gasteiger partial charge in [0.25, 0.3) is 0 Å². The summed E-state index contributed by atoms with van der Waals surface area (Å²) in [4.78, 5) is 11.7. The zero-order chi connectivity index (χ0) is 13.6. The van der Waals surface area contributed by atoms with E-state index >= 15 is 0 Å². The lowest BCUT2D eigenvalue weighted by molar-refractivity contribution is -0.137. The number of esters is 1. The van der Waals surface area contributed by atoms with Crippen molar-refractivity contribution < 1.29 is 14.0 Å². The SMILES string of the molecule is C=C(C(=O)OCCO[Si](C)(C)C)c1ccccc1. The predicted octanol–water partition coefficient (Wildman–Crippen LogP) is 3.09. The van der Waals surface area contributed by atoms with Crippen molar-refractivity contribution in [3.63, 3.8) is 0 Å². The van der Waals surface area contributed by atoms with Gasteiger partial charge >= 0.3 is 5.97 Å². The fourth-order valence-corrected chi connectivity index (χ4v) is 2.02. The molecule has 0 bridgehead atoms. The van der Waals surface area contributed by atoms with Gasteiger partial charge in [-0.05, 0) is 25.2 Å².